The summed E-state index contributed by atoms with van der Waals surface area (Å²) in [6.07, 6.45) is 0. The molecule has 0 saturated carbocycles. The molecule has 2 N–H and O–H groups in total. The first kappa shape index (κ1) is 18.7. The molecule has 3 heteroatoms. The molecule has 3 rings (SSSR count). The minimum atomic E-state index is 0.0814. The number of anilines is 1. The average Bonchev–Trinajstić information content (AvgIpc) is 2.60. The zero-order valence-electron chi connectivity index (χ0n) is 16.6. The topological polar surface area (TPSA) is 62.7 Å². The molecule has 0 radical (unpaired) electrons. The number of hydrogen-bond donors (Lipinski definition) is 1. The summed E-state index contributed by atoms with van der Waals surface area (Å²) in [7, 11) is 0. The molecule has 1 aromatic heterocycles. The van der Waals surface area contributed by atoms with Crippen molar-refractivity contribution in [3.63, 3.8) is 0 Å². The molecule has 3 aromatic rings. The van der Waals surface area contributed by atoms with E-state index < -0.39 is 0 Å². The normalized spacial score (nSPS) is 11.3. The van der Waals surface area contributed by atoms with Crippen molar-refractivity contribution in [3.05, 3.63) is 70.8 Å². The largest absolute Gasteiger partial charge is 0.383 e. The van der Waals surface area contributed by atoms with Crippen LogP contribution in [0.2, 0.25) is 0 Å². The Bertz CT molecular complexity index is 1030. The molecule has 0 saturated heterocycles. The molecule has 0 spiro atoms. The molecule has 0 aliphatic heterocycles. The maximum absolute atomic E-state index is 9.63. The van der Waals surface area contributed by atoms with Gasteiger partial charge in [0.2, 0.25) is 0 Å². The van der Waals surface area contributed by atoms with Gasteiger partial charge in [-0.1, -0.05) is 68.8 Å². The molecule has 0 atom stereocenters. The maximum atomic E-state index is 9.63. The van der Waals surface area contributed by atoms with E-state index >= 15 is 0 Å². The first-order valence-electron chi connectivity index (χ1n) is 9.10. The van der Waals surface area contributed by atoms with E-state index in [9.17, 15) is 5.26 Å². The predicted molar refractivity (Wildman–Crippen MR) is 112 cm³/mol. The first-order valence-corrected chi connectivity index (χ1v) is 9.10. The summed E-state index contributed by atoms with van der Waals surface area (Å²) in [4.78, 5) is 4.50. The standard InChI is InChI=1S/C24H25N3/c1-15-6-11-19(16(2)12-15)22-13-20(21(14-25)23(26)27-22)17-7-9-18(10-8-17)24(3,4)5/h6-13H,1-5H3,(H2,26,27). The van der Waals surface area contributed by atoms with Gasteiger partial charge < -0.3 is 5.73 Å². The van der Waals surface area contributed by atoms with Gasteiger partial charge in [-0.15, -0.1) is 0 Å². The van der Waals surface area contributed by atoms with Crippen LogP contribution in [0.1, 0.15) is 43.0 Å². The molecule has 0 unspecified atom stereocenters. The van der Waals surface area contributed by atoms with Crippen molar-refractivity contribution in [3.8, 4) is 28.5 Å². The Morgan fingerprint density at radius 3 is 2.15 bits per heavy atom. The van der Waals surface area contributed by atoms with Crippen molar-refractivity contribution >= 4 is 5.82 Å². The van der Waals surface area contributed by atoms with Gasteiger partial charge in [0, 0.05) is 11.1 Å². The zero-order valence-corrected chi connectivity index (χ0v) is 16.6. The van der Waals surface area contributed by atoms with Crippen molar-refractivity contribution in [2.75, 3.05) is 5.73 Å². The second-order valence-electron chi connectivity index (χ2n) is 8.07. The van der Waals surface area contributed by atoms with Crippen LogP contribution in [-0.4, -0.2) is 4.98 Å². The van der Waals surface area contributed by atoms with Gasteiger partial charge in [-0.3, -0.25) is 0 Å². The lowest BCUT2D eigenvalue weighted by Gasteiger charge is -2.19. The highest BCUT2D eigenvalue weighted by Gasteiger charge is 2.17. The fourth-order valence-electron chi connectivity index (χ4n) is 3.30. The summed E-state index contributed by atoms with van der Waals surface area (Å²) >= 11 is 0. The highest BCUT2D eigenvalue weighted by Crippen LogP contribution is 2.33. The number of nitrogens with two attached hydrogens (primary N) is 1. The van der Waals surface area contributed by atoms with Gasteiger partial charge in [-0.05, 0) is 42.0 Å². The second kappa shape index (κ2) is 6.89. The summed E-state index contributed by atoms with van der Waals surface area (Å²) in [6.45, 7) is 10.7. The van der Waals surface area contributed by atoms with E-state index in [1.807, 2.05) is 6.07 Å². The van der Waals surface area contributed by atoms with Crippen molar-refractivity contribution in [1.29, 1.82) is 5.26 Å². The van der Waals surface area contributed by atoms with E-state index in [0.717, 1.165) is 27.9 Å². The number of benzene rings is 2. The number of hydrogen-bond acceptors (Lipinski definition) is 3. The summed E-state index contributed by atoms with van der Waals surface area (Å²) < 4.78 is 0. The molecule has 2 aromatic carbocycles. The molecule has 3 nitrogen and oxygen atoms in total. The SMILES string of the molecule is Cc1ccc(-c2cc(-c3ccc(C(C)(C)C)cc3)c(C#N)c(N)n2)c(C)c1. The molecule has 0 aliphatic rings. The van der Waals surface area contributed by atoms with E-state index in [2.05, 4.69) is 88.1 Å². The van der Waals surface area contributed by atoms with Crippen LogP contribution in [0.15, 0.2) is 48.5 Å². The second-order valence-corrected chi connectivity index (χ2v) is 8.07. The molecule has 136 valence electrons. The Labute approximate surface area is 161 Å². The number of nitriles is 1. The lowest BCUT2D eigenvalue weighted by atomic mass is 9.86. The Balaban J connectivity index is 2.17. The Morgan fingerprint density at radius 2 is 1.59 bits per heavy atom. The van der Waals surface area contributed by atoms with Crippen LogP contribution in [0.5, 0.6) is 0 Å². The monoisotopic (exact) mass is 355 g/mol. The fourth-order valence-corrected chi connectivity index (χ4v) is 3.30. The lowest BCUT2D eigenvalue weighted by molar-refractivity contribution is 0.590. The van der Waals surface area contributed by atoms with Crippen LogP contribution in [0, 0.1) is 25.2 Å². The van der Waals surface area contributed by atoms with Crippen LogP contribution in [-0.2, 0) is 5.41 Å². The van der Waals surface area contributed by atoms with Gasteiger partial charge in [0.1, 0.15) is 17.5 Å². The molecule has 27 heavy (non-hydrogen) atoms. The summed E-state index contributed by atoms with van der Waals surface area (Å²) in [6, 6.07) is 18.8. The van der Waals surface area contributed by atoms with Gasteiger partial charge in [0.25, 0.3) is 0 Å². The first-order chi connectivity index (χ1) is 12.7. The maximum Gasteiger partial charge on any atom is 0.142 e. The molecular formula is C24H25N3. The number of nitrogens with zero attached hydrogens (tertiary/aromatic N) is 2. The average molecular weight is 355 g/mol. The van der Waals surface area contributed by atoms with Crippen molar-refractivity contribution in [2.24, 2.45) is 0 Å². The van der Waals surface area contributed by atoms with Crippen molar-refractivity contribution < 1.29 is 0 Å². The van der Waals surface area contributed by atoms with Crippen molar-refractivity contribution in [2.45, 2.75) is 40.0 Å². The lowest BCUT2D eigenvalue weighted by Crippen LogP contribution is -2.10. The number of aryl methyl sites for hydroxylation is 2. The van der Waals surface area contributed by atoms with E-state index in [0.29, 0.717) is 5.56 Å². The smallest absolute Gasteiger partial charge is 0.142 e. The third-order valence-corrected chi connectivity index (χ3v) is 4.88. The van der Waals surface area contributed by atoms with Crippen LogP contribution >= 0.6 is 0 Å². The molecular weight excluding hydrogens is 330 g/mol. The third kappa shape index (κ3) is 3.71. The Hall–Kier alpha value is -3.12. The number of nitrogen functional groups attached to an aromatic ring is 1. The molecule has 0 aliphatic carbocycles. The minimum Gasteiger partial charge on any atom is -0.383 e. The molecule has 1 heterocycles. The van der Waals surface area contributed by atoms with Crippen LogP contribution < -0.4 is 5.73 Å². The van der Waals surface area contributed by atoms with Gasteiger partial charge in [-0.2, -0.15) is 5.26 Å². The Kier molecular flexibility index (Phi) is 4.76. The summed E-state index contributed by atoms with van der Waals surface area (Å²) in [5.41, 5.74) is 13.9. The quantitative estimate of drug-likeness (QED) is 0.633. The number of aromatic nitrogens is 1. The molecule has 0 fully saturated rings. The third-order valence-electron chi connectivity index (χ3n) is 4.88. The van der Waals surface area contributed by atoms with Gasteiger partial charge in [-0.25, -0.2) is 4.98 Å². The molecule has 0 bridgehead atoms. The van der Waals surface area contributed by atoms with Crippen LogP contribution in [0.25, 0.3) is 22.4 Å². The number of pyridine rings is 1. The predicted octanol–water partition coefficient (Wildman–Crippen LogP) is 5.78. The fraction of sp³-hybridized carbons (Fsp3) is 0.250. The summed E-state index contributed by atoms with van der Waals surface area (Å²) in [5.74, 6) is 0.268. The van der Waals surface area contributed by atoms with E-state index in [1.165, 1.54) is 11.1 Å². The van der Waals surface area contributed by atoms with E-state index in [4.69, 9.17) is 5.73 Å². The van der Waals surface area contributed by atoms with E-state index in [1.54, 1.807) is 0 Å². The Morgan fingerprint density at radius 1 is 0.926 bits per heavy atom. The van der Waals surface area contributed by atoms with E-state index in [-0.39, 0.29) is 11.2 Å². The van der Waals surface area contributed by atoms with Gasteiger partial charge in [0.15, 0.2) is 0 Å². The highest BCUT2D eigenvalue weighted by atomic mass is 14.8. The highest BCUT2D eigenvalue weighted by molar-refractivity contribution is 5.81. The summed E-state index contributed by atoms with van der Waals surface area (Å²) in [5, 5.41) is 9.63. The van der Waals surface area contributed by atoms with Crippen LogP contribution in [0.4, 0.5) is 5.82 Å². The minimum absolute atomic E-state index is 0.0814. The van der Waals surface area contributed by atoms with Gasteiger partial charge >= 0.3 is 0 Å². The van der Waals surface area contributed by atoms with Gasteiger partial charge in [0.05, 0.1) is 5.69 Å². The van der Waals surface area contributed by atoms with Crippen molar-refractivity contribution in [1.82, 2.24) is 4.98 Å². The molecule has 0 amide bonds. The number of rotatable bonds is 2. The van der Waals surface area contributed by atoms with Crippen LogP contribution in [0.3, 0.4) is 0 Å². The zero-order chi connectivity index (χ0) is 19.8.